The van der Waals surface area contributed by atoms with Crippen molar-refractivity contribution in [2.75, 3.05) is 14.2 Å². The number of hydrazine groups is 1. The predicted molar refractivity (Wildman–Crippen MR) is 114 cm³/mol. The van der Waals surface area contributed by atoms with Crippen LogP contribution < -0.4 is 25.6 Å². The highest BCUT2D eigenvalue weighted by Gasteiger charge is 2.09. The van der Waals surface area contributed by atoms with E-state index in [9.17, 15) is 9.59 Å². The number of methoxy groups -OCH3 is 2. The number of halogens is 1. The molecule has 0 aliphatic rings. The van der Waals surface area contributed by atoms with Crippen molar-refractivity contribution in [1.29, 1.82) is 0 Å². The molecule has 0 radical (unpaired) electrons. The third-order valence-corrected chi connectivity index (χ3v) is 4.31. The highest BCUT2D eigenvalue weighted by Crippen LogP contribution is 2.25. The first-order valence-electron chi connectivity index (χ1n) is 8.00. The Hall–Kier alpha value is -2.91. The van der Waals surface area contributed by atoms with Crippen molar-refractivity contribution < 1.29 is 19.1 Å². The van der Waals surface area contributed by atoms with E-state index in [0.717, 1.165) is 11.3 Å². The summed E-state index contributed by atoms with van der Waals surface area (Å²) in [5.74, 6) is 0.478. The Bertz CT molecular complexity index is 901. The SMILES string of the molecule is COc1ccc(/C=C/C(=O)NC(=S)NNC(=O)c2ccc(OC)c(Br)c2)cc1. The maximum atomic E-state index is 12.1. The summed E-state index contributed by atoms with van der Waals surface area (Å²) in [5, 5.41) is 2.40. The van der Waals surface area contributed by atoms with E-state index in [4.69, 9.17) is 21.7 Å². The van der Waals surface area contributed by atoms with Crippen LogP contribution in [0.15, 0.2) is 53.0 Å². The molecular formula is C19H18BrN3O4S. The van der Waals surface area contributed by atoms with Gasteiger partial charge in [0.2, 0.25) is 5.91 Å². The lowest BCUT2D eigenvalue weighted by Crippen LogP contribution is -2.48. The van der Waals surface area contributed by atoms with Crippen LogP contribution in [0.25, 0.3) is 6.08 Å². The summed E-state index contributed by atoms with van der Waals surface area (Å²) in [6.45, 7) is 0. The summed E-state index contributed by atoms with van der Waals surface area (Å²) in [6, 6.07) is 12.1. The van der Waals surface area contributed by atoms with Crippen molar-refractivity contribution in [3.63, 3.8) is 0 Å². The molecule has 0 bridgehead atoms. The molecule has 28 heavy (non-hydrogen) atoms. The zero-order valence-electron chi connectivity index (χ0n) is 15.1. The molecule has 3 N–H and O–H groups in total. The van der Waals surface area contributed by atoms with E-state index in [2.05, 4.69) is 32.1 Å². The number of rotatable bonds is 5. The second kappa shape index (κ2) is 10.4. The van der Waals surface area contributed by atoms with Crippen LogP contribution in [-0.2, 0) is 4.79 Å². The molecular weight excluding hydrogens is 446 g/mol. The highest BCUT2D eigenvalue weighted by atomic mass is 79.9. The van der Waals surface area contributed by atoms with Crippen LogP contribution in [0.1, 0.15) is 15.9 Å². The van der Waals surface area contributed by atoms with Crippen LogP contribution in [0.3, 0.4) is 0 Å². The van der Waals surface area contributed by atoms with Crippen LogP contribution in [-0.4, -0.2) is 31.1 Å². The smallest absolute Gasteiger partial charge is 0.269 e. The fourth-order valence-corrected chi connectivity index (χ4v) is 2.76. The van der Waals surface area contributed by atoms with Gasteiger partial charge < -0.3 is 9.47 Å². The third-order valence-electron chi connectivity index (χ3n) is 3.48. The van der Waals surface area contributed by atoms with Gasteiger partial charge in [-0.3, -0.25) is 25.8 Å². The van der Waals surface area contributed by atoms with Crippen molar-refractivity contribution >= 4 is 51.2 Å². The standard InChI is InChI=1S/C19H18BrN3O4S/c1-26-14-7-3-12(4-8-14)5-10-17(24)21-19(28)23-22-18(25)13-6-9-16(27-2)15(20)11-13/h3-11H,1-2H3,(H,22,25)(H2,21,23,24,28)/b10-5+. The predicted octanol–water partition coefficient (Wildman–Crippen LogP) is 2.82. The number of benzene rings is 2. The van der Waals surface area contributed by atoms with Gasteiger partial charge in [0.25, 0.3) is 5.91 Å². The largest absolute Gasteiger partial charge is 0.497 e. The van der Waals surface area contributed by atoms with Crippen molar-refractivity contribution in [2.24, 2.45) is 0 Å². The Kier molecular flexibility index (Phi) is 7.97. The summed E-state index contributed by atoms with van der Waals surface area (Å²) >= 11 is 8.30. The molecule has 0 atom stereocenters. The van der Waals surface area contributed by atoms with Crippen molar-refractivity contribution in [3.05, 3.63) is 64.1 Å². The van der Waals surface area contributed by atoms with Gasteiger partial charge in [-0.25, -0.2) is 0 Å². The zero-order chi connectivity index (χ0) is 20.5. The first-order chi connectivity index (χ1) is 13.4. The molecule has 9 heteroatoms. The first-order valence-corrected chi connectivity index (χ1v) is 9.20. The van der Waals surface area contributed by atoms with Crippen molar-refractivity contribution in [1.82, 2.24) is 16.2 Å². The minimum absolute atomic E-state index is 0.0368. The van der Waals surface area contributed by atoms with Crippen molar-refractivity contribution in [3.8, 4) is 11.5 Å². The van der Waals surface area contributed by atoms with Gasteiger partial charge in [0.1, 0.15) is 11.5 Å². The van der Waals surface area contributed by atoms with Gasteiger partial charge in [-0.2, -0.15) is 0 Å². The molecule has 0 saturated heterocycles. The molecule has 146 valence electrons. The molecule has 0 aliphatic heterocycles. The van der Waals surface area contributed by atoms with Crippen LogP contribution in [0.5, 0.6) is 11.5 Å². The van der Waals surface area contributed by atoms with E-state index in [0.29, 0.717) is 15.8 Å². The van der Waals surface area contributed by atoms with Crippen LogP contribution >= 0.6 is 28.1 Å². The van der Waals surface area contributed by atoms with E-state index < -0.39 is 11.8 Å². The quantitative estimate of drug-likeness (QED) is 0.359. The molecule has 0 heterocycles. The number of carbonyl (C=O) groups excluding carboxylic acids is 2. The Morgan fingerprint density at radius 2 is 1.75 bits per heavy atom. The molecule has 0 spiro atoms. The van der Waals surface area contributed by atoms with E-state index in [1.807, 2.05) is 12.1 Å². The highest BCUT2D eigenvalue weighted by molar-refractivity contribution is 9.10. The fourth-order valence-electron chi connectivity index (χ4n) is 2.07. The molecule has 0 aromatic heterocycles. The number of amides is 2. The monoisotopic (exact) mass is 463 g/mol. The van der Waals surface area contributed by atoms with E-state index in [-0.39, 0.29) is 5.11 Å². The average molecular weight is 464 g/mol. The first kappa shape index (κ1) is 21.4. The van der Waals surface area contributed by atoms with Crippen LogP contribution in [0.2, 0.25) is 0 Å². The number of hydrogen-bond acceptors (Lipinski definition) is 5. The zero-order valence-corrected chi connectivity index (χ0v) is 17.5. The van der Waals surface area contributed by atoms with Gasteiger partial charge in [0, 0.05) is 11.6 Å². The molecule has 0 fully saturated rings. The van der Waals surface area contributed by atoms with Gasteiger partial charge >= 0.3 is 0 Å². The lowest BCUT2D eigenvalue weighted by molar-refractivity contribution is -0.115. The Morgan fingerprint density at radius 1 is 1.04 bits per heavy atom. The van der Waals surface area contributed by atoms with Gasteiger partial charge in [0.15, 0.2) is 5.11 Å². The van der Waals surface area contributed by atoms with Crippen molar-refractivity contribution in [2.45, 2.75) is 0 Å². The van der Waals surface area contributed by atoms with Gasteiger partial charge in [0.05, 0.1) is 18.7 Å². The Balaban J connectivity index is 1.82. The van der Waals surface area contributed by atoms with E-state index >= 15 is 0 Å². The fraction of sp³-hybridized carbons (Fsp3) is 0.105. The van der Waals surface area contributed by atoms with Crippen LogP contribution in [0, 0.1) is 0 Å². The number of thiocarbonyl (C=S) groups is 1. The molecule has 0 aliphatic carbocycles. The molecule has 2 rings (SSSR count). The molecule has 0 saturated carbocycles. The van der Waals surface area contributed by atoms with Gasteiger partial charge in [-0.05, 0) is 70.1 Å². The Labute approximate surface area is 176 Å². The van der Waals surface area contributed by atoms with Crippen LogP contribution in [0.4, 0.5) is 0 Å². The minimum atomic E-state index is -0.435. The second-order valence-electron chi connectivity index (χ2n) is 5.35. The summed E-state index contributed by atoms with van der Waals surface area (Å²) < 4.78 is 10.8. The molecule has 7 nitrogen and oxygen atoms in total. The maximum absolute atomic E-state index is 12.1. The third kappa shape index (κ3) is 6.36. The number of carbonyl (C=O) groups is 2. The number of hydrogen-bond donors (Lipinski definition) is 3. The molecule has 2 aromatic rings. The lowest BCUT2D eigenvalue weighted by Gasteiger charge is -2.10. The number of ether oxygens (including phenoxy) is 2. The minimum Gasteiger partial charge on any atom is -0.497 e. The average Bonchev–Trinajstić information content (AvgIpc) is 2.70. The normalized spacial score (nSPS) is 10.2. The lowest BCUT2D eigenvalue weighted by atomic mass is 10.2. The maximum Gasteiger partial charge on any atom is 0.269 e. The molecule has 2 aromatic carbocycles. The van der Waals surface area contributed by atoms with Gasteiger partial charge in [-0.1, -0.05) is 12.1 Å². The Morgan fingerprint density at radius 3 is 2.36 bits per heavy atom. The topological polar surface area (TPSA) is 88.7 Å². The van der Waals surface area contributed by atoms with E-state index in [1.54, 1.807) is 43.5 Å². The molecule has 0 unspecified atom stereocenters. The summed E-state index contributed by atoms with van der Waals surface area (Å²) in [4.78, 5) is 24.0. The van der Waals surface area contributed by atoms with Gasteiger partial charge in [-0.15, -0.1) is 0 Å². The van der Waals surface area contributed by atoms with E-state index in [1.165, 1.54) is 13.2 Å². The summed E-state index contributed by atoms with van der Waals surface area (Å²) in [5.41, 5.74) is 6.10. The molecule has 2 amide bonds. The second-order valence-corrected chi connectivity index (χ2v) is 6.62. The summed E-state index contributed by atoms with van der Waals surface area (Å²) in [7, 11) is 3.12. The summed E-state index contributed by atoms with van der Waals surface area (Å²) in [6.07, 6.45) is 2.96. The number of nitrogens with one attached hydrogen (secondary N) is 3.